The Morgan fingerprint density at radius 2 is 1.37 bits per heavy atom. The Labute approximate surface area is 162 Å². The third-order valence-electron chi connectivity index (χ3n) is 4.55. The minimum absolute atomic E-state index is 0.0285. The summed E-state index contributed by atoms with van der Waals surface area (Å²) in [5.74, 6) is -1.78. The highest BCUT2D eigenvalue weighted by Crippen LogP contribution is 2.43. The molecule has 0 rings (SSSR count). The first-order chi connectivity index (χ1) is 12.1. The van der Waals surface area contributed by atoms with Crippen molar-refractivity contribution in [3.05, 3.63) is 0 Å². The number of carbonyl (C=O) groups is 2. The molecule has 0 aliphatic carbocycles. The quantitative estimate of drug-likeness (QED) is 0.588. The van der Waals surface area contributed by atoms with E-state index in [9.17, 15) is 23.5 Å². The molecule has 0 radical (unpaired) electrons. The molecule has 0 saturated carbocycles. The first kappa shape index (κ1) is 25.8. The normalized spacial score (nSPS) is 15.4. The average Bonchev–Trinajstić information content (AvgIpc) is 2.42. The lowest BCUT2D eigenvalue weighted by atomic mass is 10.1. The van der Waals surface area contributed by atoms with Gasteiger partial charge in [-0.1, -0.05) is 41.5 Å². The summed E-state index contributed by atoms with van der Waals surface area (Å²) in [6, 6.07) is -2.08. The second-order valence-corrected chi connectivity index (χ2v) is 14.1. The number of halogens is 2. The molecule has 0 aromatic carbocycles. The lowest BCUT2D eigenvalue weighted by Gasteiger charge is -2.46. The van der Waals surface area contributed by atoms with Crippen LogP contribution in [0, 0.1) is 0 Å². The number of ether oxygens (including phenoxy) is 1. The van der Waals surface area contributed by atoms with Crippen molar-refractivity contribution < 1.29 is 32.6 Å². The van der Waals surface area contributed by atoms with Gasteiger partial charge in [-0.25, -0.2) is 13.6 Å². The second-order valence-electron chi connectivity index (χ2n) is 8.68. The summed E-state index contributed by atoms with van der Waals surface area (Å²) in [6.45, 7) is 16.1. The summed E-state index contributed by atoms with van der Waals surface area (Å²) in [5.41, 5.74) is -1.00. The molecule has 0 spiro atoms. The Balaban J connectivity index is 5.87. The van der Waals surface area contributed by atoms with Crippen molar-refractivity contribution in [3.63, 3.8) is 0 Å². The smallest absolute Gasteiger partial charge is 0.408 e. The molecule has 6 nitrogen and oxygen atoms in total. The first-order valence-corrected chi connectivity index (χ1v) is 11.4. The van der Waals surface area contributed by atoms with Crippen molar-refractivity contribution in [1.82, 2.24) is 5.32 Å². The molecule has 0 aromatic rings. The molecule has 160 valence electrons. The predicted octanol–water partition coefficient (Wildman–Crippen LogP) is 3.46. The molecule has 0 aliphatic heterocycles. The van der Waals surface area contributed by atoms with E-state index in [2.05, 4.69) is 0 Å². The number of carboxylic acids is 1. The van der Waals surface area contributed by atoms with Gasteiger partial charge in [0, 0.05) is 0 Å². The van der Waals surface area contributed by atoms with Gasteiger partial charge in [-0.05, 0) is 37.4 Å². The van der Waals surface area contributed by atoms with Crippen molar-refractivity contribution in [2.24, 2.45) is 0 Å². The SMILES string of the molecule is CC(C)[Si](O[C@@H](C(=O)[O-])[C@@H](NC(=O)OC(C)(C)C)C(F)F)(C(C)C)C(C)C. The van der Waals surface area contributed by atoms with E-state index >= 15 is 0 Å². The number of amides is 1. The number of carboxylic acid groups (broad SMARTS) is 1. The van der Waals surface area contributed by atoms with E-state index in [1.807, 2.05) is 46.9 Å². The van der Waals surface area contributed by atoms with Crippen molar-refractivity contribution in [2.45, 2.75) is 103 Å². The Hall–Kier alpha value is -1.22. The highest BCUT2D eigenvalue weighted by atomic mass is 28.4. The molecule has 0 saturated heterocycles. The van der Waals surface area contributed by atoms with Crippen LogP contribution >= 0.6 is 0 Å². The number of alkyl halides is 2. The molecule has 0 heterocycles. The van der Waals surface area contributed by atoms with E-state index in [1.165, 1.54) is 0 Å². The van der Waals surface area contributed by atoms with E-state index in [0.29, 0.717) is 0 Å². The average molecular weight is 411 g/mol. The number of hydrogen-bond donors (Lipinski definition) is 1. The summed E-state index contributed by atoms with van der Waals surface area (Å²) >= 11 is 0. The van der Waals surface area contributed by atoms with Gasteiger partial charge in [0.2, 0.25) is 8.32 Å². The standard InChI is InChI=1S/C18H35F2NO5Si/c1-10(2)27(11(3)4,12(5)6)26-14(16(22)23)13(15(19)20)21-17(24)25-18(7,8)9/h10-15H,1-9H3,(H,21,24)(H,22,23)/p-1/t13-,14-/m1/s1. The third kappa shape index (κ3) is 7.02. The summed E-state index contributed by atoms with van der Waals surface area (Å²) in [6.07, 6.45) is -6.27. The maximum absolute atomic E-state index is 13.7. The number of alkyl carbamates (subject to hydrolysis) is 1. The Morgan fingerprint density at radius 1 is 0.963 bits per heavy atom. The Kier molecular flexibility index (Phi) is 9.37. The van der Waals surface area contributed by atoms with Gasteiger partial charge >= 0.3 is 6.09 Å². The Bertz CT molecular complexity index is 485. The number of rotatable bonds is 9. The van der Waals surface area contributed by atoms with E-state index in [-0.39, 0.29) is 16.6 Å². The fourth-order valence-electron chi connectivity index (χ4n) is 3.61. The molecule has 0 unspecified atom stereocenters. The number of nitrogens with one attached hydrogen (secondary N) is 1. The zero-order valence-electron chi connectivity index (χ0n) is 17.8. The van der Waals surface area contributed by atoms with Crippen molar-refractivity contribution in [1.29, 1.82) is 0 Å². The number of aliphatic carboxylic acids is 1. The number of carbonyl (C=O) groups excluding carboxylic acids is 2. The molecule has 27 heavy (non-hydrogen) atoms. The van der Waals surface area contributed by atoms with Crippen molar-refractivity contribution >= 4 is 20.4 Å². The van der Waals surface area contributed by atoms with Crippen LogP contribution in [-0.2, 0) is 14.0 Å². The minimum Gasteiger partial charge on any atom is -0.547 e. The zero-order chi connectivity index (χ0) is 21.7. The van der Waals surface area contributed by atoms with Gasteiger partial charge in [-0.15, -0.1) is 0 Å². The van der Waals surface area contributed by atoms with Gasteiger partial charge in [0.25, 0.3) is 6.43 Å². The summed E-state index contributed by atoms with van der Waals surface area (Å²) in [5, 5.41) is 13.7. The lowest BCUT2D eigenvalue weighted by molar-refractivity contribution is -0.316. The molecule has 0 bridgehead atoms. The zero-order valence-corrected chi connectivity index (χ0v) is 18.8. The molecule has 1 amide bonds. The summed E-state index contributed by atoms with van der Waals surface area (Å²) < 4.78 is 38.3. The van der Waals surface area contributed by atoms with E-state index < -0.39 is 44.6 Å². The lowest BCUT2D eigenvalue weighted by Crippen LogP contribution is -2.62. The highest BCUT2D eigenvalue weighted by molar-refractivity contribution is 6.77. The first-order valence-electron chi connectivity index (χ1n) is 9.22. The van der Waals surface area contributed by atoms with Crippen LogP contribution in [0.5, 0.6) is 0 Å². The van der Waals surface area contributed by atoms with Crippen LogP contribution in [-0.4, -0.2) is 44.6 Å². The molecule has 0 fully saturated rings. The largest absolute Gasteiger partial charge is 0.547 e. The van der Waals surface area contributed by atoms with E-state index in [1.54, 1.807) is 20.8 Å². The van der Waals surface area contributed by atoms with Crippen LogP contribution in [0.2, 0.25) is 16.6 Å². The topological polar surface area (TPSA) is 87.7 Å². The molecule has 0 aromatic heterocycles. The van der Waals surface area contributed by atoms with Crippen molar-refractivity contribution in [2.75, 3.05) is 0 Å². The van der Waals surface area contributed by atoms with Crippen molar-refractivity contribution in [3.8, 4) is 0 Å². The minimum atomic E-state index is -3.17. The third-order valence-corrected chi connectivity index (χ3v) is 10.6. The highest BCUT2D eigenvalue weighted by Gasteiger charge is 2.49. The van der Waals surface area contributed by atoms with Crippen LogP contribution in [0.3, 0.4) is 0 Å². The maximum atomic E-state index is 13.7. The van der Waals surface area contributed by atoms with Crippen LogP contribution in [0.15, 0.2) is 0 Å². The van der Waals surface area contributed by atoms with Crippen LogP contribution in [0.25, 0.3) is 0 Å². The van der Waals surface area contributed by atoms with Gasteiger partial charge in [-0.3, -0.25) is 0 Å². The fourth-order valence-corrected chi connectivity index (χ4v) is 9.11. The molecule has 1 N–H and O–H groups in total. The monoisotopic (exact) mass is 410 g/mol. The van der Waals surface area contributed by atoms with Crippen LogP contribution < -0.4 is 10.4 Å². The van der Waals surface area contributed by atoms with Crippen LogP contribution in [0.4, 0.5) is 13.6 Å². The summed E-state index contributed by atoms with van der Waals surface area (Å²) in [7, 11) is -2.81. The molecule has 0 aliphatic rings. The van der Waals surface area contributed by atoms with Crippen LogP contribution in [0.1, 0.15) is 62.3 Å². The van der Waals surface area contributed by atoms with Gasteiger partial charge in [0.15, 0.2) is 0 Å². The molecular formula is C18H34F2NO5Si-. The fraction of sp³-hybridized carbons (Fsp3) is 0.889. The predicted molar refractivity (Wildman–Crippen MR) is 100 cm³/mol. The van der Waals surface area contributed by atoms with Gasteiger partial charge < -0.3 is 24.4 Å². The Morgan fingerprint density at radius 3 is 1.63 bits per heavy atom. The summed E-state index contributed by atoms with van der Waals surface area (Å²) in [4.78, 5) is 23.7. The second kappa shape index (κ2) is 9.82. The maximum Gasteiger partial charge on any atom is 0.408 e. The van der Waals surface area contributed by atoms with Gasteiger partial charge in [0.1, 0.15) is 17.7 Å². The van der Waals surface area contributed by atoms with E-state index in [0.717, 1.165) is 0 Å². The number of hydrogen-bond acceptors (Lipinski definition) is 5. The van der Waals surface area contributed by atoms with Gasteiger partial charge in [0.05, 0.1) is 5.97 Å². The van der Waals surface area contributed by atoms with Gasteiger partial charge in [-0.2, -0.15) is 0 Å². The van der Waals surface area contributed by atoms with E-state index in [4.69, 9.17) is 9.16 Å². The molecule has 2 atom stereocenters. The molecule has 9 heteroatoms. The molecular weight excluding hydrogens is 376 g/mol.